The molecule has 3 rings (SSSR count). The molecule has 25 heavy (non-hydrogen) atoms. The van der Waals surface area contributed by atoms with Gasteiger partial charge in [0.1, 0.15) is 5.82 Å². The molecule has 1 N–H and O–H groups in total. The number of aromatic nitrogens is 1. The van der Waals surface area contributed by atoms with Gasteiger partial charge in [-0.3, -0.25) is 4.72 Å². The second kappa shape index (κ2) is 6.12. The third kappa shape index (κ3) is 3.42. The zero-order chi connectivity index (χ0) is 18.3. The lowest BCUT2D eigenvalue weighted by atomic mass is 9.79. The van der Waals surface area contributed by atoms with Crippen LogP contribution in [0.15, 0.2) is 53.6 Å². The number of nitrogens with one attached hydrogen (secondary N) is 1. The Labute approximate surface area is 148 Å². The van der Waals surface area contributed by atoms with Crippen molar-refractivity contribution in [2.45, 2.75) is 43.8 Å². The zero-order valence-corrected chi connectivity index (χ0v) is 15.5. The number of rotatable bonds is 4. The summed E-state index contributed by atoms with van der Waals surface area (Å²) >= 11 is 0. The molecule has 2 heterocycles. The van der Waals surface area contributed by atoms with Gasteiger partial charge in [-0.25, -0.2) is 13.4 Å². The maximum Gasteiger partial charge on any atom is 0.498 e. The fourth-order valence-corrected chi connectivity index (χ4v) is 3.51. The van der Waals surface area contributed by atoms with E-state index in [-0.39, 0.29) is 10.7 Å². The molecule has 0 bridgehead atoms. The molecule has 6 nitrogen and oxygen atoms in total. The van der Waals surface area contributed by atoms with E-state index < -0.39 is 28.3 Å². The Kier molecular flexibility index (Phi) is 4.39. The minimum absolute atomic E-state index is 0.167. The van der Waals surface area contributed by atoms with Crippen molar-refractivity contribution in [1.82, 2.24) is 4.98 Å². The lowest BCUT2D eigenvalue weighted by molar-refractivity contribution is 0.00578. The van der Waals surface area contributed by atoms with E-state index in [0.29, 0.717) is 5.46 Å². The predicted molar refractivity (Wildman–Crippen MR) is 97.2 cm³/mol. The van der Waals surface area contributed by atoms with Gasteiger partial charge in [-0.05, 0) is 45.9 Å². The standard InChI is InChI=1S/C17H21BN2O4S/c1-16(2)17(3,4)24-18(23-16)14-11-8-12-19-15(14)20-25(21,22)13-9-6-5-7-10-13/h5-12H,1-4H3,(H,19,20). The average Bonchev–Trinajstić information content (AvgIpc) is 2.76. The summed E-state index contributed by atoms with van der Waals surface area (Å²) in [7, 11) is -4.45. The molecule has 1 aliphatic heterocycles. The number of pyridine rings is 1. The maximum absolute atomic E-state index is 12.6. The molecular formula is C17H21BN2O4S. The van der Waals surface area contributed by atoms with Gasteiger partial charge < -0.3 is 9.31 Å². The molecule has 0 amide bonds. The van der Waals surface area contributed by atoms with Crippen molar-refractivity contribution in [2.24, 2.45) is 0 Å². The molecule has 0 unspecified atom stereocenters. The summed E-state index contributed by atoms with van der Waals surface area (Å²) in [6.45, 7) is 7.77. The molecule has 1 saturated heterocycles. The van der Waals surface area contributed by atoms with Crippen LogP contribution in [0.25, 0.3) is 0 Å². The van der Waals surface area contributed by atoms with Gasteiger partial charge in [0, 0.05) is 11.7 Å². The Morgan fingerprint density at radius 3 is 2.16 bits per heavy atom. The van der Waals surface area contributed by atoms with E-state index in [0.717, 1.165) is 0 Å². The largest absolute Gasteiger partial charge is 0.498 e. The highest BCUT2D eigenvalue weighted by Gasteiger charge is 2.52. The van der Waals surface area contributed by atoms with Crippen LogP contribution in [0.2, 0.25) is 0 Å². The fraction of sp³-hybridized carbons (Fsp3) is 0.353. The molecule has 0 atom stereocenters. The second-order valence-corrected chi connectivity index (χ2v) is 8.63. The van der Waals surface area contributed by atoms with E-state index in [4.69, 9.17) is 9.31 Å². The fourth-order valence-electron chi connectivity index (χ4n) is 2.45. The van der Waals surface area contributed by atoms with Gasteiger partial charge in [0.2, 0.25) is 0 Å². The smallest absolute Gasteiger partial charge is 0.399 e. The highest BCUT2D eigenvalue weighted by atomic mass is 32.2. The van der Waals surface area contributed by atoms with E-state index in [2.05, 4.69) is 9.71 Å². The Morgan fingerprint density at radius 1 is 0.960 bits per heavy atom. The van der Waals surface area contributed by atoms with Crippen LogP contribution >= 0.6 is 0 Å². The van der Waals surface area contributed by atoms with Crippen molar-refractivity contribution in [1.29, 1.82) is 0 Å². The van der Waals surface area contributed by atoms with Crippen LogP contribution in [0, 0.1) is 0 Å². The van der Waals surface area contributed by atoms with Crippen molar-refractivity contribution < 1.29 is 17.7 Å². The molecule has 132 valence electrons. The van der Waals surface area contributed by atoms with Crippen LogP contribution in [-0.4, -0.2) is 31.7 Å². The van der Waals surface area contributed by atoms with E-state index in [1.54, 1.807) is 30.3 Å². The predicted octanol–water partition coefficient (Wildman–Crippen LogP) is 2.18. The van der Waals surface area contributed by atoms with Gasteiger partial charge in [-0.15, -0.1) is 0 Å². The van der Waals surface area contributed by atoms with E-state index >= 15 is 0 Å². The molecule has 0 radical (unpaired) electrons. The Morgan fingerprint density at radius 2 is 1.56 bits per heavy atom. The Balaban J connectivity index is 1.93. The third-order valence-corrected chi connectivity index (χ3v) is 5.99. The van der Waals surface area contributed by atoms with Crippen molar-refractivity contribution in [3.63, 3.8) is 0 Å². The zero-order valence-electron chi connectivity index (χ0n) is 14.7. The van der Waals surface area contributed by atoms with E-state index in [9.17, 15) is 8.42 Å². The topological polar surface area (TPSA) is 77.5 Å². The van der Waals surface area contributed by atoms with E-state index in [1.165, 1.54) is 18.3 Å². The minimum Gasteiger partial charge on any atom is -0.399 e. The average molecular weight is 360 g/mol. The Hall–Kier alpha value is -1.90. The van der Waals surface area contributed by atoms with Gasteiger partial charge in [0.05, 0.1) is 16.1 Å². The van der Waals surface area contributed by atoms with E-state index in [1.807, 2.05) is 27.7 Å². The number of nitrogens with zero attached hydrogens (tertiary/aromatic N) is 1. The summed E-state index contributed by atoms with van der Waals surface area (Å²) in [6, 6.07) is 11.6. The molecule has 1 aliphatic rings. The first-order valence-electron chi connectivity index (χ1n) is 8.01. The molecule has 2 aromatic rings. The van der Waals surface area contributed by atoms with Crippen LogP contribution in [0.5, 0.6) is 0 Å². The first kappa shape index (κ1) is 17.9. The normalized spacial score (nSPS) is 19.0. The molecule has 0 spiro atoms. The lowest BCUT2D eigenvalue weighted by Gasteiger charge is -2.32. The van der Waals surface area contributed by atoms with Crippen LogP contribution in [0.1, 0.15) is 27.7 Å². The molecule has 0 aliphatic carbocycles. The highest BCUT2D eigenvalue weighted by molar-refractivity contribution is 7.92. The summed E-state index contributed by atoms with van der Waals surface area (Å²) < 4.78 is 39.7. The van der Waals surface area contributed by atoms with Gasteiger partial charge >= 0.3 is 7.12 Å². The summed E-state index contributed by atoms with van der Waals surface area (Å²) in [6.07, 6.45) is 1.53. The maximum atomic E-state index is 12.6. The van der Waals surface area contributed by atoms with Crippen LogP contribution < -0.4 is 10.2 Å². The molecule has 1 aromatic heterocycles. The Bertz CT molecular complexity index is 853. The number of benzene rings is 1. The van der Waals surface area contributed by atoms with Crippen LogP contribution in [0.3, 0.4) is 0 Å². The summed E-state index contributed by atoms with van der Waals surface area (Å²) in [5.74, 6) is 0.199. The highest BCUT2D eigenvalue weighted by Crippen LogP contribution is 2.36. The van der Waals surface area contributed by atoms with Crippen molar-refractivity contribution in [2.75, 3.05) is 4.72 Å². The quantitative estimate of drug-likeness (QED) is 0.846. The van der Waals surface area contributed by atoms with Gasteiger partial charge in [-0.2, -0.15) is 0 Å². The summed E-state index contributed by atoms with van der Waals surface area (Å²) in [4.78, 5) is 4.35. The monoisotopic (exact) mass is 360 g/mol. The van der Waals surface area contributed by atoms with Gasteiger partial charge in [0.15, 0.2) is 0 Å². The minimum atomic E-state index is -3.75. The van der Waals surface area contributed by atoms with Gasteiger partial charge in [0.25, 0.3) is 10.0 Å². The number of anilines is 1. The molecule has 8 heteroatoms. The SMILES string of the molecule is CC1(C)OB(c2cccnc2NS(=O)(=O)c2ccccc2)OC1(C)C. The summed E-state index contributed by atoms with van der Waals surface area (Å²) in [5, 5.41) is 0. The summed E-state index contributed by atoms with van der Waals surface area (Å²) in [5.41, 5.74) is -0.507. The first-order chi connectivity index (χ1) is 11.6. The van der Waals surface area contributed by atoms with Crippen molar-refractivity contribution in [3.05, 3.63) is 48.7 Å². The first-order valence-corrected chi connectivity index (χ1v) is 9.49. The molecule has 1 fully saturated rings. The molecular weight excluding hydrogens is 339 g/mol. The molecule has 1 aromatic carbocycles. The number of sulfonamides is 1. The number of hydrogen-bond donors (Lipinski definition) is 1. The third-order valence-electron chi connectivity index (χ3n) is 4.63. The second-order valence-electron chi connectivity index (χ2n) is 6.95. The van der Waals surface area contributed by atoms with Crippen molar-refractivity contribution >= 4 is 28.4 Å². The van der Waals surface area contributed by atoms with Crippen molar-refractivity contribution in [3.8, 4) is 0 Å². The number of hydrogen-bond acceptors (Lipinski definition) is 5. The van der Waals surface area contributed by atoms with Crippen LogP contribution in [-0.2, 0) is 19.3 Å². The van der Waals surface area contributed by atoms with Crippen LogP contribution in [0.4, 0.5) is 5.82 Å². The lowest BCUT2D eigenvalue weighted by Crippen LogP contribution is -2.41. The van der Waals surface area contributed by atoms with Gasteiger partial charge in [-0.1, -0.05) is 24.3 Å². The molecule has 0 saturated carbocycles.